The average Bonchev–Trinajstić information content (AvgIpc) is 2.50. The Labute approximate surface area is 130 Å². The molecule has 0 spiro atoms. The molecular weight excluding hydrogens is 284 g/mol. The SMILES string of the molecule is COc1cc(C)c(NC(=O)N2CCC(C(=O)O)CC2)cc1C. The monoisotopic (exact) mass is 306 g/mol. The maximum absolute atomic E-state index is 12.3. The summed E-state index contributed by atoms with van der Waals surface area (Å²) in [5, 5.41) is 11.9. The minimum Gasteiger partial charge on any atom is -0.496 e. The van der Waals surface area contributed by atoms with Crippen LogP contribution in [-0.2, 0) is 4.79 Å². The molecule has 0 aliphatic carbocycles. The predicted octanol–water partition coefficient (Wildman–Crippen LogP) is 2.64. The third kappa shape index (κ3) is 3.50. The normalized spacial score (nSPS) is 15.5. The molecule has 120 valence electrons. The molecule has 0 aromatic heterocycles. The van der Waals surface area contributed by atoms with E-state index in [0.717, 1.165) is 22.6 Å². The Morgan fingerprint density at radius 2 is 1.86 bits per heavy atom. The number of carboxylic acids is 1. The van der Waals surface area contributed by atoms with Crippen molar-refractivity contribution in [3.63, 3.8) is 0 Å². The largest absolute Gasteiger partial charge is 0.496 e. The fraction of sp³-hybridized carbons (Fsp3) is 0.500. The quantitative estimate of drug-likeness (QED) is 0.900. The van der Waals surface area contributed by atoms with Gasteiger partial charge in [-0.15, -0.1) is 0 Å². The van der Waals surface area contributed by atoms with Crippen LogP contribution < -0.4 is 10.1 Å². The van der Waals surface area contributed by atoms with E-state index in [1.165, 1.54) is 0 Å². The number of benzene rings is 1. The fourth-order valence-corrected chi connectivity index (χ4v) is 2.67. The number of methoxy groups -OCH3 is 1. The molecule has 1 heterocycles. The number of rotatable bonds is 3. The first-order chi connectivity index (χ1) is 10.4. The zero-order valence-electron chi connectivity index (χ0n) is 13.2. The number of nitrogens with zero attached hydrogens (tertiary/aromatic N) is 1. The van der Waals surface area contributed by atoms with Crippen molar-refractivity contribution in [1.82, 2.24) is 4.90 Å². The summed E-state index contributed by atoms with van der Waals surface area (Å²) in [6.45, 7) is 4.77. The summed E-state index contributed by atoms with van der Waals surface area (Å²) in [6, 6.07) is 3.59. The number of amides is 2. The summed E-state index contributed by atoms with van der Waals surface area (Å²) in [6.07, 6.45) is 1.01. The number of urea groups is 1. The van der Waals surface area contributed by atoms with Crippen LogP contribution in [0.4, 0.5) is 10.5 Å². The Kier molecular flexibility index (Phi) is 4.90. The Bertz CT molecular complexity index is 578. The summed E-state index contributed by atoms with van der Waals surface area (Å²) >= 11 is 0. The lowest BCUT2D eigenvalue weighted by atomic mass is 9.97. The van der Waals surface area contributed by atoms with Crippen LogP contribution in [0.2, 0.25) is 0 Å². The highest BCUT2D eigenvalue weighted by Crippen LogP contribution is 2.26. The first-order valence-corrected chi connectivity index (χ1v) is 7.36. The molecule has 0 saturated carbocycles. The molecular formula is C16H22N2O4. The summed E-state index contributed by atoms with van der Waals surface area (Å²) < 4.78 is 5.26. The van der Waals surface area contributed by atoms with Gasteiger partial charge < -0.3 is 20.1 Å². The number of aliphatic carboxylic acids is 1. The van der Waals surface area contributed by atoms with Crippen LogP contribution in [-0.4, -0.2) is 42.2 Å². The van der Waals surface area contributed by atoms with Crippen molar-refractivity contribution in [1.29, 1.82) is 0 Å². The number of carbonyl (C=O) groups is 2. The van der Waals surface area contributed by atoms with Gasteiger partial charge in [0.1, 0.15) is 5.75 Å². The third-order valence-electron chi connectivity index (χ3n) is 4.11. The Morgan fingerprint density at radius 1 is 1.23 bits per heavy atom. The van der Waals surface area contributed by atoms with Crippen molar-refractivity contribution < 1.29 is 19.4 Å². The van der Waals surface area contributed by atoms with E-state index < -0.39 is 5.97 Å². The Balaban J connectivity index is 2.01. The molecule has 1 fully saturated rings. The van der Waals surface area contributed by atoms with Crippen molar-refractivity contribution in [3.05, 3.63) is 23.3 Å². The molecule has 2 rings (SSSR count). The van der Waals surface area contributed by atoms with Gasteiger partial charge in [0.15, 0.2) is 0 Å². The summed E-state index contributed by atoms with van der Waals surface area (Å²) in [5.41, 5.74) is 2.63. The maximum Gasteiger partial charge on any atom is 0.321 e. The predicted molar refractivity (Wildman–Crippen MR) is 83.4 cm³/mol. The molecule has 0 bridgehead atoms. The van der Waals surface area contributed by atoms with Crippen molar-refractivity contribution in [3.8, 4) is 5.75 Å². The Morgan fingerprint density at radius 3 is 2.41 bits per heavy atom. The molecule has 6 nitrogen and oxygen atoms in total. The standard InChI is InChI=1S/C16H22N2O4/c1-10-9-14(22-3)11(2)8-13(10)17-16(21)18-6-4-12(5-7-18)15(19)20/h8-9,12H,4-7H2,1-3H3,(H,17,21)(H,19,20). The number of carboxylic acid groups (broad SMARTS) is 1. The van der Waals surface area contributed by atoms with Crippen LogP contribution in [0.1, 0.15) is 24.0 Å². The molecule has 1 aliphatic heterocycles. The lowest BCUT2D eigenvalue weighted by Gasteiger charge is -2.30. The van der Waals surface area contributed by atoms with E-state index >= 15 is 0 Å². The lowest BCUT2D eigenvalue weighted by molar-refractivity contribution is -0.143. The van der Waals surface area contributed by atoms with Crippen LogP contribution in [0.5, 0.6) is 5.75 Å². The van der Waals surface area contributed by atoms with Gasteiger partial charge in [0.2, 0.25) is 0 Å². The second kappa shape index (κ2) is 6.68. The van der Waals surface area contributed by atoms with E-state index in [1.807, 2.05) is 26.0 Å². The van der Waals surface area contributed by atoms with Gasteiger partial charge in [-0.3, -0.25) is 4.79 Å². The van der Waals surface area contributed by atoms with Crippen molar-refractivity contribution in [2.45, 2.75) is 26.7 Å². The second-order valence-electron chi connectivity index (χ2n) is 5.67. The zero-order chi connectivity index (χ0) is 16.3. The number of ether oxygens (including phenoxy) is 1. The second-order valence-corrected chi connectivity index (χ2v) is 5.67. The van der Waals surface area contributed by atoms with E-state index in [4.69, 9.17) is 9.84 Å². The topological polar surface area (TPSA) is 78.9 Å². The Hall–Kier alpha value is -2.24. The van der Waals surface area contributed by atoms with Gasteiger partial charge in [0.25, 0.3) is 0 Å². The van der Waals surface area contributed by atoms with E-state index in [1.54, 1.807) is 12.0 Å². The number of carbonyl (C=O) groups excluding carboxylic acids is 1. The number of likely N-dealkylation sites (tertiary alicyclic amines) is 1. The molecule has 0 atom stereocenters. The van der Waals surface area contributed by atoms with E-state index in [-0.39, 0.29) is 11.9 Å². The molecule has 1 saturated heterocycles. The van der Waals surface area contributed by atoms with Crippen LogP contribution in [0.3, 0.4) is 0 Å². The molecule has 0 unspecified atom stereocenters. The number of nitrogens with one attached hydrogen (secondary N) is 1. The number of aryl methyl sites for hydroxylation is 2. The number of hydrogen-bond donors (Lipinski definition) is 2. The molecule has 1 aliphatic rings. The van der Waals surface area contributed by atoms with E-state index in [2.05, 4.69) is 5.32 Å². The van der Waals surface area contributed by atoms with Gasteiger partial charge in [-0.2, -0.15) is 0 Å². The van der Waals surface area contributed by atoms with Crippen LogP contribution in [0.15, 0.2) is 12.1 Å². The summed E-state index contributed by atoms with van der Waals surface area (Å²) in [4.78, 5) is 24.9. The van der Waals surface area contributed by atoms with E-state index in [9.17, 15) is 9.59 Å². The third-order valence-corrected chi connectivity index (χ3v) is 4.11. The van der Waals surface area contributed by atoms with Gasteiger partial charge in [0.05, 0.1) is 13.0 Å². The first-order valence-electron chi connectivity index (χ1n) is 7.36. The maximum atomic E-state index is 12.3. The molecule has 2 N–H and O–H groups in total. The molecule has 1 aromatic carbocycles. The fourth-order valence-electron chi connectivity index (χ4n) is 2.67. The summed E-state index contributed by atoms with van der Waals surface area (Å²) in [7, 11) is 1.62. The highest BCUT2D eigenvalue weighted by molar-refractivity contribution is 5.90. The lowest BCUT2D eigenvalue weighted by Crippen LogP contribution is -2.42. The van der Waals surface area contributed by atoms with E-state index in [0.29, 0.717) is 25.9 Å². The first kappa shape index (κ1) is 16.1. The highest BCUT2D eigenvalue weighted by Gasteiger charge is 2.27. The van der Waals surface area contributed by atoms with Gasteiger partial charge in [-0.05, 0) is 49.9 Å². The van der Waals surface area contributed by atoms with Crippen LogP contribution in [0.25, 0.3) is 0 Å². The minimum absolute atomic E-state index is 0.184. The van der Waals surface area contributed by atoms with Gasteiger partial charge in [0, 0.05) is 18.8 Å². The zero-order valence-corrected chi connectivity index (χ0v) is 13.2. The van der Waals surface area contributed by atoms with Crippen molar-refractivity contribution in [2.24, 2.45) is 5.92 Å². The van der Waals surface area contributed by atoms with Gasteiger partial charge >= 0.3 is 12.0 Å². The van der Waals surface area contributed by atoms with Crippen LogP contribution >= 0.6 is 0 Å². The molecule has 2 amide bonds. The number of hydrogen-bond acceptors (Lipinski definition) is 3. The summed E-state index contributed by atoms with van der Waals surface area (Å²) in [5.74, 6) is -0.325. The minimum atomic E-state index is -0.776. The highest BCUT2D eigenvalue weighted by atomic mass is 16.5. The molecule has 0 radical (unpaired) electrons. The van der Waals surface area contributed by atoms with Gasteiger partial charge in [-0.25, -0.2) is 4.79 Å². The number of anilines is 1. The molecule has 1 aromatic rings. The van der Waals surface area contributed by atoms with Gasteiger partial charge in [-0.1, -0.05) is 0 Å². The average molecular weight is 306 g/mol. The van der Waals surface area contributed by atoms with Crippen molar-refractivity contribution in [2.75, 3.05) is 25.5 Å². The van der Waals surface area contributed by atoms with Crippen LogP contribution in [0, 0.1) is 19.8 Å². The molecule has 6 heteroatoms. The number of piperidine rings is 1. The smallest absolute Gasteiger partial charge is 0.321 e. The molecule has 22 heavy (non-hydrogen) atoms. The van der Waals surface area contributed by atoms with Crippen molar-refractivity contribution >= 4 is 17.7 Å².